The fourth-order valence-electron chi connectivity index (χ4n) is 2.61. The van der Waals surface area contributed by atoms with E-state index in [0.717, 1.165) is 12.8 Å². The monoisotopic (exact) mass is 198 g/mol. The summed E-state index contributed by atoms with van der Waals surface area (Å²) in [4.78, 5) is 0. The van der Waals surface area contributed by atoms with E-state index in [4.69, 9.17) is 9.47 Å². The molecule has 0 spiro atoms. The van der Waals surface area contributed by atoms with Gasteiger partial charge in [-0.3, -0.25) is 0 Å². The zero-order valence-corrected chi connectivity index (χ0v) is 9.37. The molecule has 0 aromatic heterocycles. The molecule has 2 fully saturated rings. The Bertz CT molecular complexity index is 161. The van der Waals surface area contributed by atoms with Gasteiger partial charge in [0.2, 0.25) is 0 Å². The summed E-state index contributed by atoms with van der Waals surface area (Å²) >= 11 is 0. The fourth-order valence-corrected chi connectivity index (χ4v) is 2.61. The Balaban J connectivity index is 1.88. The first kappa shape index (κ1) is 10.4. The molecule has 0 radical (unpaired) electrons. The topological polar surface area (TPSA) is 18.5 Å². The Labute approximate surface area is 87.0 Å². The summed E-state index contributed by atoms with van der Waals surface area (Å²) in [7, 11) is 0. The van der Waals surface area contributed by atoms with E-state index in [1.54, 1.807) is 0 Å². The Morgan fingerprint density at radius 3 is 1.57 bits per heavy atom. The van der Waals surface area contributed by atoms with E-state index >= 15 is 0 Å². The molecule has 0 aliphatic carbocycles. The van der Waals surface area contributed by atoms with Gasteiger partial charge in [-0.1, -0.05) is 13.8 Å². The van der Waals surface area contributed by atoms with Crippen LogP contribution in [-0.2, 0) is 9.47 Å². The van der Waals surface area contributed by atoms with Crippen molar-refractivity contribution in [1.82, 2.24) is 0 Å². The molecule has 14 heavy (non-hydrogen) atoms. The van der Waals surface area contributed by atoms with E-state index in [-0.39, 0.29) is 0 Å². The van der Waals surface area contributed by atoms with Crippen LogP contribution in [0, 0.1) is 0 Å². The Hall–Kier alpha value is -0.0800. The molecule has 4 atom stereocenters. The van der Waals surface area contributed by atoms with Crippen LogP contribution in [0.25, 0.3) is 0 Å². The second-order valence-electron chi connectivity index (χ2n) is 4.56. The van der Waals surface area contributed by atoms with Crippen LogP contribution in [0.15, 0.2) is 0 Å². The summed E-state index contributed by atoms with van der Waals surface area (Å²) in [5.74, 6) is 0. The van der Waals surface area contributed by atoms with E-state index in [1.165, 1.54) is 25.7 Å². The van der Waals surface area contributed by atoms with Crippen LogP contribution in [0.2, 0.25) is 0 Å². The third-order valence-corrected chi connectivity index (χ3v) is 3.61. The molecule has 0 N–H and O–H groups in total. The SMILES string of the molecule is CCC1CCC2O[C@H](CC)CCC2O1. The molecule has 3 unspecified atom stereocenters. The molecule has 0 amide bonds. The van der Waals surface area contributed by atoms with Crippen molar-refractivity contribution in [3.63, 3.8) is 0 Å². The molecular weight excluding hydrogens is 176 g/mol. The van der Waals surface area contributed by atoms with Crippen molar-refractivity contribution in [2.75, 3.05) is 0 Å². The van der Waals surface area contributed by atoms with Crippen LogP contribution < -0.4 is 0 Å². The second kappa shape index (κ2) is 4.63. The minimum Gasteiger partial charge on any atom is -0.372 e. The highest BCUT2D eigenvalue weighted by Gasteiger charge is 2.35. The minimum atomic E-state index is 0.400. The summed E-state index contributed by atoms with van der Waals surface area (Å²) in [6, 6.07) is 0. The van der Waals surface area contributed by atoms with Crippen LogP contribution in [0.5, 0.6) is 0 Å². The number of hydrogen-bond acceptors (Lipinski definition) is 2. The van der Waals surface area contributed by atoms with Crippen LogP contribution in [0.4, 0.5) is 0 Å². The summed E-state index contributed by atoms with van der Waals surface area (Å²) in [5.41, 5.74) is 0. The Morgan fingerprint density at radius 1 is 0.786 bits per heavy atom. The summed E-state index contributed by atoms with van der Waals surface area (Å²) < 4.78 is 12.0. The molecule has 2 nitrogen and oxygen atoms in total. The highest BCUT2D eigenvalue weighted by Crippen LogP contribution is 2.32. The maximum Gasteiger partial charge on any atom is 0.0841 e. The fraction of sp³-hybridized carbons (Fsp3) is 1.00. The molecular formula is C12H22O2. The maximum atomic E-state index is 6.01. The van der Waals surface area contributed by atoms with Crippen molar-refractivity contribution in [2.24, 2.45) is 0 Å². The lowest BCUT2D eigenvalue weighted by Crippen LogP contribution is -2.45. The largest absolute Gasteiger partial charge is 0.372 e. The van der Waals surface area contributed by atoms with Gasteiger partial charge < -0.3 is 9.47 Å². The standard InChI is InChI=1S/C12H22O2/c1-3-9-5-7-12-11(13-9)8-6-10(4-2)14-12/h9-12H,3-8H2,1-2H3/t9-,10?,11?,12?/m1/s1. The predicted octanol–water partition coefficient (Wildman–Crippen LogP) is 2.90. The molecule has 82 valence electrons. The van der Waals surface area contributed by atoms with Gasteiger partial charge in [0.15, 0.2) is 0 Å². The first-order valence-electron chi connectivity index (χ1n) is 6.14. The number of rotatable bonds is 2. The van der Waals surface area contributed by atoms with Crippen LogP contribution in [-0.4, -0.2) is 24.4 Å². The van der Waals surface area contributed by atoms with Gasteiger partial charge in [0, 0.05) is 0 Å². The molecule has 2 rings (SSSR count). The minimum absolute atomic E-state index is 0.400. The third kappa shape index (κ3) is 2.12. The van der Waals surface area contributed by atoms with Crippen molar-refractivity contribution >= 4 is 0 Å². The highest BCUT2D eigenvalue weighted by atomic mass is 16.6. The normalized spacial score (nSPS) is 43.3. The lowest BCUT2D eigenvalue weighted by Gasteiger charge is -2.42. The summed E-state index contributed by atoms with van der Waals surface area (Å²) in [5, 5.41) is 0. The molecule has 2 saturated heterocycles. The van der Waals surface area contributed by atoms with E-state index in [1.807, 2.05) is 0 Å². The molecule has 0 aromatic rings. The zero-order valence-electron chi connectivity index (χ0n) is 9.37. The maximum absolute atomic E-state index is 6.01. The van der Waals surface area contributed by atoms with E-state index < -0.39 is 0 Å². The van der Waals surface area contributed by atoms with Crippen molar-refractivity contribution in [1.29, 1.82) is 0 Å². The van der Waals surface area contributed by atoms with Gasteiger partial charge in [0.1, 0.15) is 0 Å². The zero-order chi connectivity index (χ0) is 9.97. The number of ether oxygens (including phenoxy) is 2. The van der Waals surface area contributed by atoms with Crippen molar-refractivity contribution in [3.8, 4) is 0 Å². The van der Waals surface area contributed by atoms with Gasteiger partial charge in [-0.2, -0.15) is 0 Å². The quantitative estimate of drug-likeness (QED) is 0.679. The van der Waals surface area contributed by atoms with Crippen LogP contribution in [0.1, 0.15) is 52.4 Å². The molecule has 0 saturated carbocycles. The van der Waals surface area contributed by atoms with Crippen molar-refractivity contribution < 1.29 is 9.47 Å². The first-order chi connectivity index (χ1) is 6.83. The van der Waals surface area contributed by atoms with Gasteiger partial charge in [0.05, 0.1) is 24.4 Å². The summed E-state index contributed by atoms with van der Waals surface area (Å²) in [6.07, 6.45) is 8.90. The summed E-state index contributed by atoms with van der Waals surface area (Å²) in [6.45, 7) is 4.42. The molecule has 0 bridgehead atoms. The average molecular weight is 198 g/mol. The van der Waals surface area contributed by atoms with Gasteiger partial charge in [0.25, 0.3) is 0 Å². The van der Waals surface area contributed by atoms with Crippen molar-refractivity contribution in [3.05, 3.63) is 0 Å². The molecule has 0 aromatic carbocycles. The van der Waals surface area contributed by atoms with E-state index in [2.05, 4.69) is 13.8 Å². The number of fused-ring (bicyclic) bond motifs is 1. The van der Waals surface area contributed by atoms with Gasteiger partial charge in [-0.25, -0.2) is 0 Å². The first-order valence-corrected chi connectivity index (χ1v) is 6.14. The molecule has 2 heterocycles. The molecule has 2 heteroatoms. The third-order valence-electron chi connectivity index (χ3n) is 3.61. The Kier molecular flexibility index (Phi) is 3.45. The van der Waals surface area contributed by atoms with Gasteiger partial charge in [-0.15, -0.1) is 0 Å². The lowest BCUT2D eigenvalue weighted by molar-refractivity contribution is -0.187. The van der Waals surface area contributed by atoms with Crippen LogP contribution in [0.3, 0.4) is 0 Å². The predicted molar refractivity (Wildman–Crippen MR) is 56.4 cm³/mol. The van der Waals surface area contributed by atoms with Gasteiger partial charge in [-0.05, 0) is 38.5 Å². The van der Waals surface area contributed by atoms with E-state index in [0.29, 0.717) is 24.4 Å². The second-order valence-corrected chi connectivity index (χ2v) is 4.56. The van der Waals surface area contributed by atoms with Crippen molar-refractivity contribution in [2.45, 2.75) is 76.8 Å². The van der Waals surface area contributed by atoms with Crippen LogP contribution >= 0.6 is 0 Å². The number of hydrogen-bond donors (Lipinski definition) is 0. The Morgan fingerprint density at radius 2 is 1.21 bits per heavy atom. The smallest absolute Gasteiger partial charge is 0.0841 e. The molecule has 2 aliphatic rings. The van der Waals surface area contributed by atoms with E-state index in [9.17, 15) is 0 Å². The lowest BCUT2D eigenvalue weighted by atomic mass is 9.92. The highest BCUT2D eigenvalue weighted by molar-refractivity contribution is 4.84. The van der Waals surface area contributed by atoms with Gasteiger partial charge >= 0.3 is 0 Å². The molecule has 2 aliphatic heterocycles. The average Bonchev–Trinajstić information content (AvgIpc) is 2.27.